The summed E-state index contributed by atoms with van der Waals surface area (Å²) < 4.78 is 0. The smallest absolute Gasteiger partial charge is 0.253 e. The maximum atomic E-state index is 12.5. The van der Waals surface area contributed by atoms with Crippen molar-refractivity contribution in [3.05, 3.63) is 53.3 Å². The Bertz CT molecular complexity index is 694. The van der Waals surface area contributed by atoms with Crippen molar-refractivity contribution in [1.82, 2.24) is 15.6 Å². The normalized spacial score (nSPS) is 19.3. The molecule has 1 amide bonds. The molecule has 1 aromatic carbocycles. The van der Waals surface area contributed by atoms with Gasteiger partial charge in [-0.15, -0.1) is 24.8 Å². The number of aromatic nitrogens is 1. The van der Waals surface area contributed by atoms with E-state index in [2.05, 4.69) is 22.5 Å². The summed E-state index contributed by atoms with van der Waals surface area (Å²) in [5.41, 5.74) is 2.48. The van der Waals surface area contributed by atoms with E-state index in [0.29, 0.717) is 16.6 Å². The Morgan fingerprint density at radius 1 is 1.20 bits per heavy atom. The SMILES string of the molecule is CC1NCCCC1NC(=O)c1cncc(-c2ccc(Cl)cc2)c1.Cl.Cl. The van der Waals surface area contributed by atoms with E-state index >= 15 is 0 Å². The van der Waals surface area contributed by atoms with Gasteiger partial charge in [-0.05, 0) is 50.1 Å². The number of nitrogens with zero attached hydrogens (tertiary/aromatic N) is 1. The highest BCUT2D eigenvalue weighted by Gasteiger charge is 2.23. The third-order valence-electron chi connectivity index (χ3n) is 4.26. The monoisotopic (exact) mass is 401 g/mol. The van der Waals surface area contributed by atoms with Crippen LogP contribution in [-0.4, -0.2) is 29.5 Å². The van der Waals surface area contributed by atoms with E-state index in [0.717, 1.165) is 30.5 Å². The van der Waals surface area contributed by atoms with Crippen LogP contribution in [0.5, 0.6) is 0 Å². The molecule has 2 N–H and O–H groups in total. The van der Waals surface area contributed by atoms with E-state index in [9.17, 15) is 4.79 Å². The van der Waals surface area contributed by atoms with E-state index < -0.39 is 0 Å². The average Bonchev–Trinajstić information content (AvgIpc) is 2.58. The molecule has 0 aliphatic carbocycles. The number of halogens is 3. The lowest BCUT2D eigenvalue weighted by Crippen LogP contribution is -2.51. The van der Waals surface area contributed by atoms with Crippen molar-refractivity contribution in [3.8, 4) is 11.1 Å². The maximum Gasteiger partial charge on any atom is 0.253 e. The summed E-state index contributed by atoms with van der Waals surface area (Å²) in [6.07, 6.45) is 5.45. The highest BCUT2D eigenvalue weighted by molar-refractivity contribution is 6.30. The first kappa shape index (κ1) is 21.7. The van der Waals surface area contributed by atoms with Crippen LogP contribution < -0.4 is 10.6 Å². The molecule has 0 radical (unpaired) electrons. The standard InChI is InChI=1S/C18H20ClN3O.2ClH/c1-12-17(3-2-8-21-12)22-18(23)15-9-14(10-20-11-15)13-4-6-16(19)7-5-13;;/h4-7,9-12,17,21H,2-3,8H2,1H3,(H,22,23);2*1H. The van der Waals surface area contributed by atoms with Gasteiger partial charge in [-0.1, -0.05) is 23.7 Å². The fourth-order valence-electron chi connectivity index (χ4n) is 2.86. The summed E-state index contributed by atoms with van der Waals surface area (Å²) in [7, 11) is 0. The molecule has 1 fully saturated rings. The molecule has 2 aromatic rings. The minimum atomic E-state index is -0.0751. The molecule has 1 saturated heterocycles. The first-order chi connectivity index (χ1) is 11.1. The van der Waals surface area contributed by atoms with Gasteiger partial charge in [-0.3, -0.25) is 9.78 Å². The molecule has 2 heterocycles. The summed E-state index contributed by atoms with van der Waals surface area (Å²) in [6.45, 7) is 3.12. The quantitative estimate of drug-likeness (QED) is 0.812. The molecule has 1 aromatic heterocycles. The number of nitrogens with one attached hydrogen (secondary N) is 2. The van der Waals surface area contributed by atoms with Gasteiger partial charge >= 0.3 is 0 Å². The lowest BCUT2D eigenvalue weighted by Gasteiger charge is -2.30. The number of amides is 1. The predicted octanol–water partition coefficient (Wildman–Crippen LogP) is 4.12. The molecule has 2 atom stereocenters. The van der Waals surface area contributed by atoms with Crippen LogP contribution in [0.25, 0.3) is 11.1 Å². The Labute approximate surface area is 165 Å². The zero-order valence-corrected chi connectivity index (χ0v) is 16.3. The Kier molecular flexibility index (Phi) is 8.66. The Balaban J connectivity index is 0.00000156. The predicted molar refractivity (Wildman–Crippen MR) is 107 cm³/mol. The first-order valence-corrected chi connectivity index (χ1v) is 8.26. The summed E-state index contributed by atoms with van der Waals surface area (Å²) in [6, 6.07) is 9.84. The van der Waals surface area contributed by atoms with E-state index in [1.165, 1.54) is 0 Å². The van der Waals surface area contributed by atoms with Gasteiger partial charge in [0, 0.05) is 35.1 Å². The Hall–Kier alpha value is -1.33. The van der Waals surface area contributed by atoms with Crippen LogP contribution in [-0.2, 0) is 0 Å². The summed E-state index contributed by atoms with van der Waals surface area (Å²) in [5.74, 6) is -0.0751. The van der Waals surface area contributed by atoms with Gasteiger partial charge in [0.1, 0.15) is 0 Å². The van der Waals surface area contributed by atoms with Crippen molar-refractivity contribution in [3.63, 3.8) is 0 Å². The van der Waals surface area contributed by atoms with Gasteiger partial charge in [0.15, 0.2) is 0 Å². The Morgan fingerprint density at radius 2 is 1.92 bits per heavy atom. The number of carbonyl (C=O) groups excluding carboxylic acids is 1. The second kappa shape index (κ2) is 9.97. The number of pyridine rings is 1. The van der Waals surface area contributed by atoms with Gasteiger partial charge in [0.25, 0.3) is 5.91 Å². The number of hydrogen-bond donors (Lipinski definition) is 2. The van der Waals surface area contributed by atoms with Crippen molar-refractivity contribution >= 4 is 42.3 Å². The van der Waals surface area contributed by atoms with Crippen LogP contribution >= 0.6 is 36.4 Å². The molecule has 0 saturated carbocycles. The second-order valence-electron chi connectivity index (χ2n) is 5.93. The number of piperidine rings is 1. The molecule has 4 nitrogen and oxygen atoms in total. The third kappa shape index (κ3) is 5.58. The van der Waals surface area contributed by atoms with Crippen molar-refractivity contribution in [2.24, 2.45) is 0 Å². The largest absolute Gasteiger partial charge is 0.348 e. The highest BCUT2D eigenvalue weighted by Crippen LogP contribution is 2.21. The molecule has 25 heavy (non-hydrogen) atoms. The van der Waals surface area contributed by atoms with Crippen LogP contribution in [0.2, 0.25) is 5.02 Å². The van der Waals surface area contributed by atoms with Gasteiger partial charge in [0.2, 0.25) is 0 Å². The number of carbonyl (C=O) groups is 1. The molecule has 0 bridgehead atoms. The number of benzene rings is 1. The third-order valence-corrected chi connectivity index (χ3v) is 4.51. The van der Waals surface area contributed by atoms with Crippen LogP contribution in [0.4, 0.5) is 0 Å². The van der Waals surface area contributed by atoms with E-state index in [1.807, 2.05) is 30.3 Å². The molecular formula is C18H22Cl3N3O. The molecule has 1 aliphatic heterocycles. The summed E-state index contributed by atoms with van der Waals surface area (Å²) in [4.78, 5) is 16.7. The molecule has 0 spiro atoms. The van der Waals surface area contributed by atoms with Gasteiger partial charge in [0.05, 0.1) is 5.56 Å². The average molecular weight is 403 g/mol. The zero-order chi connectivity index (χ0) is 16.2. The first-order valence-electron chi connectivity index (χ1n) is 7.89. The van der Waals surface area contributed by atoms with Crippen LogP contribution in [0.1, 0.15) is 30.1 Å². The maximum absolute atomic E-state index is 12.5. The minimum absolute atomic E-state index is 0. The summed E-state index contributed by atoms with van der Waals surface area (Å²) >= 11 is 5.92. The van der Waals surface area contributed by atoms with E-state index in [-0.39, 0.29) is 36.8 Å². The molecule has 136 valence electrons. The van der Waals surface area contributed by atoms with Crippen LogP contribution in [0.3, 0.4) is 0 Å². The molecule has 2 unspecified atom stereocenters. The van der Waals surface area contributed by atoms with Gasteiger partial charge in [-0.25, -0.2) is 0 Å². The molecule has 3 rings (SSSR count). The van der Waals surface area contributed by atoms with E-state index in [4.69, 9.17) is 11.6 Å². The topological polar surface area (TPSA) is 54.0 Å². The van der Waals surface area contributed by atoms with Crippen molar-refractivity contribution < 1.29 is 4.79 Å². The zero-order valence-electron chi connectivity index (χ0n) is 13.9. The fraction of sp³-hybridized carbons (Fsp3) is 0.333. The van der Waals surface area contributed by atoms with Gasteiger partial charge < -0.3 is 10.6 Å². The number of hydrogen-bond acceptors (Lipinski definition) is 3. The summed E-state index contributed by atoms with van der Waals surface area (Å²) in [5, 5.41) is 7.19. The fourth-order valence-corrected chi connectivity index (χ4v) is 2.98. The molecular weight excluding hydrogens is 381 g/mol. The highest BCUT2D eigenvalue weighted by atomic mass is 35.5. The molecule has 1 aliphatic rings. The van der Waals surface area contributed by atoms with Crippen molar-refractivity contribution in [2.75, 3.05) is 6.54 Å². The van der Waals surface area contributed by atoms with E-state index in [1.54, 1.807) is 12.4 Å². The lowest BCUT2D eigenvalue weighted by atomic mass is 9.99. The lowest BCUT2D eigenvalue weighted by molar-refractivity contribution is 0.0919. The minimum Gasteiger partial charge on any atom is -0.348 e. The Morgan fingerprint density at radius 3 is 2.60 bits per heavy atom. The van der Waals surface area contributed by atoms with Crippen LogP contribution in [0, 0.1) is 0 Å². The molecule has 7 heteroatoms. The van der Waals surface area contributed by atoms with Crippen LogP contribution in [0.15, 0.2) is 42.7 Å². The van der Waals surface area contributed by atoms with Crippen molar-refractivity contribution in [2.45, 2.75) is 31.8 Å². The van der Waals surface area contributed by atoms with Gasteiger partial charge in [-0.2, -0.15) is 0 Å². The number of rotatable bonds is 3. The second-order valence-corrected chi connectivity index (χ2v) is 6.37. The van der Waals surface area contributed by atoms with Crippen molar-refractivity contribution in [1.29, 1.82) is 0 Å².